The minimum absolute atomic E-state index is 0.131. The predicted octanol–water partition coefficient (Wildman–Crippen LogP) is 1.73. The van der Waals surface area contributed by atoms with E-state index >= 15 is 0 Å². The van der Waals surface area contributed by atoms with Crippen LogP contribution < -0.4 is 11.5 Å². The molecule has 0 saturated heterocycles. The van der Waals surface area contributed by atoms with Crippen LogP contribution in [0.5, 0.6) is 0 Å². The maximum atomic E-state index is 12.9. The van der Waals surface area contributed by atoms with Crippen LogP contribution in [-0.4, -0.2) is 0 Å². The topological polar surface area (TPSA) is 52.0 Å². The van der Waals surface area contributed by atoms with E-state index < -0.39 is 17.7 Å². The summed E-state index contributed by atoms with van der Waals surface area (Å²) in [5, 5.41) is 0. The molecular weight excluding hydrogens is 174 g/mol. The Morgan fingerprint density at radius 2 is 2.00 bits per heavy atom. The molecule has 0 radical (unpaired) electrons. The summed E-state index contributed by atoms with van der Waals surface area (Å²) < 4.78 is 25.6. The van der Waals surface area contributed by atoms with Crippen molar-refractivity contribution in [3.63, 3.8) is 0 Å². The number of hydrogen-bond acceptors (Lipinski definition) is 2. The molecule has 0 aliphatic heterocycles. The van der Waals surface area contributed by atoms with Gasteiger partial charge in [0.2, 0.25) is 0 Å². The Kier molecular flexibility index (Phi) is 2.63. The largest absolute Gasteiger partial charge is 0.396 e. The van der Waals surface area contributed by atoms with Gasteiger partial charge >= 0.3 is 0 Å². The summed E-state index contributed by atoms with van der Waals surface area (Å²) in [6.07, 6.45) is 1.37. The van der Waals surface area contributed by atoms with Crippen LogP contribution in [0.3, 0.4) is 0 Å². The number of benzene rings is 1. The van der Waals surface area contributed by atoms with E-state index in [-0.39, 0.29) is 11.3 Å². The van der Waals surface area contributed by atoms with Gasteiger partial charge in [0.25, 0.3) is 0 Å². The standard InChI is InChI=1S/C9H10F2N2/c1-2-8(12)6-3-5(10)4-7(11)9(6)13/h2-4,8H,1,12-13H2. The summed E-state index contributed by atoms with van der Waals surface area (Å²) in [6.45, 7) is 3.41. The zero-order valence-electron chi connectivity index (χ0n) is 6.93. The normalized spacial score (nSPS) is 12.5. The Morgan fingerprint density at radius 1 is 1.38 bits per heavy atom. The summed E-state index contributed by atoms with van der Waals surface area (Å²) in [4.78, 5) is 0. The van der Waals surface area contributed by atoms with E-state index in [0.29, 0.717) is 6.07 Å². The van der Waals surface area contributed by atoms with Crippen molar-refractivity contribution in [1.29, 1.82) is 0 Å². The fraction of sp³-hybridized carbons (Fsp3) is 0.111. The molecule has 4 heteroatoms. The van der Waals surface area contributed by atoms with E-state index in [1.807, 2.05) is 0 Å². The molecule has 0 heterocycles. The molecule has 0 aromatic heterocycles. The van der Waals surface area contributed by atoms with Gasteiger partial charge in [-0.1, -0.05) is 6.08 Å². The first kappa shape index (κ1) is 9.67. The number of rotatable bonds is 2. The first-order valence-electron chi connectivity index (χ1n) is 3.68. The molecule has 0 saturated carbocycles. The molecule has 0 fully saturated rings. The molecule has 1 unspecified atom stereocenters. The molecule has 0 aliphatic carbocycles. The van der Waals surface area contributed by atoms with Crippen LogP contribution in [0.1, 0.15) is 11.6 Å². The van der Waals surface area contributed by atoms with E-state index in [9.17, 15) is 8.78 Å². The molecule has 0 amide bonds. The maximum absolute atomic E-state index is 12.9. The molecule has 4 N–H and O–H groups in total. The lowest BCUT2D eigenvalue weighted by molar-refractivity contribution is 0.581. The van der Waals surface area contributed by atoms with Crippen molar-refractivity contribution in [3.05, 3.63) is 42.0 Å². The fourth-order valence-electron chi connectivity index (χ4n) is 1.01. The van der Waals surface area contributed by atoms with Crippen molar-refractivity contribution < 1.29 is 8.78 Å². The highest BCUT2D eigenvalue weighted by Gasteiger charge is 2.11. The monoisotopic (exact) mass is 184 g/mol. The van der Waals surface area contributed by atoms with Crippen LogP contribution in [0.4, 0.5) is 14.5 Å². The summed E-state index contributed by atoms with van der Waals surface area (Å²) >= 11 is 0. The second kappa shape index (κ2) is 3.53. The maximum Gasteiger partial charge on any atom is 0.149 e. The lowest BCUT2D eigenvalue weighted by Crippen LogP contribution is -2.11. The first-order chi connectivity index (χ1) is 6.06. The fourth-order valence-corrected chi connectivity index (χ4v) is 1.01. The van der Waals surface area contributed by atoms with Gasteiger partial charge in [-0.3, -0.25) is 0 Å². The van der Waals surface area contributed by atoms with E-state index in [4.69, 9.17) is 11.5 Å². The molecular formula is C9H10F2N2. The van der Waals surface area contributed by atoms with Crippen LogP contribution >= 0.6 is 0 Å². The Labute approximate surface area is 74.8 Å². The van der Waals surface area contributed by atoms with Crippen LogP contribution in [-0.2, 0) is 0 Å². The van der Waals surface area contributed by atoms with Gasteiger partial charge in [-0.05, 0) is 6.07 Å². The highest BCUT2D eigenvalue weighted by Crippen LogP contribution is 2.23. The van der Waals surface area contributed by atoms with Crippen molar-refractivity contribution >= 4 is 5.69 Å². The molecule has 70 valence electrons. The third-order valence-electron chi connectivity index (χ3n) is 1.74. The van der Waals surface area contributed by atoms with Crippen molar-refractivity contribution in [2.24, 2.45) is 5.73 Å². The zero-order chi connectivity index (χ0) is 10.0. The number of hydrogen-bond donors (Lipinski definition) is 2. The lowest BCUT2D eigenvalue weighted by atomic mass is 10.1. The van der Waals surface area contributed by atoms with E-state index in [1.54, 1.807) is 0 Å². The van der Waals surface area contributed by atoms with Crippen LogP contribution in [0.2, 0.25) is 0 Å². The van der Waals surface area contributed by atoms with E-state index in [2.05, 4.69) is 6.58 Å². The highest BCUT2D eigenvalue weighted by atomic mass is 19.1. The number of nitrogens with two attached hydrogens (primary N) is 2. The third kappa shape index (κ3) is 1.84. The van der Waals surface area contributed by atoms with Crippen molar-refractivity contribution in [1.82, 2.24) is 0 Å². The molecule has 2 nitrogen and oxygen atoms in total. The average molecular weight is 184 g/mol. The van der Waals surface area contributed by atoms with Gasteiger partial charge in [0.05, 0.1) is 11.7 Å². The third-order valence-corrected chi connectivity index (χ3v) is 1.74. The van der Waals surface area contributed by atoms with Crippen LogP contribution in [0, 0.1) is 11.6 Å². The van der Waals surface area contributed by atoms with Gasteiger partial charge in [0, 0.05) is 11.6 Å². The van der Waals surface area contributed by atoms with Gasteiger partial charge in [0.15, 0.2) is 0 Å². The van der Waals surface area contributed by atoms with E-state index in [0.717, 1.165) is 6.07 Å². The second-order valence-electron chi connectivity index (χ2n) is 2.65. The summed E-state index contributed by atoms with van der Waals surface area (Å²) in [7, 11) is 0. The van der Waals surface area contributed by atoms with Gasteiger partial charge in [-0.25, -0.2) is 8.78 Å². The molecule has 1 atom stereocenters. The molecule has 0 spiro atoms. The van der Waals surface area contributed by atoms with Crippen LogP contribution in [0.15, 0.2) is 24.8 Å². The molecule has 1 aromatic carbocycles. The first-order valence-corrected chi connectivity index (χ1v) is 3.68. The molecule has 1 aromatic rings. The Bertz CT molecular complexity index is 337. The average Bonchev–Trinajstić information content (AvgIpc) is 2.10. The Morgan fingerprint density at radius 3 is 2.54 bits per heavy atom. The smallest absolute Gasteiger partial charge is 0.149 e. The Hall–Kier alpha value is -1.42. The van der Waals surface area contributed by atoms with Gasteiger partial charge in [-0.15, -0.1) is 6.58 Å². The second-order valence-corrected chi connectivity index (χ2v) is 2.65. The minimum atomic E-state index is -0.799. The predicted molar refractivity (Wildman–Crippen MR) is 47.9 cm³/mol. The summed E-state index contributed by atoms with van der Waals surface area (Å²) in [5.74, 6) is -1.49. The zero-order valence-corrected chi connectivity index (χ0v) is 6.93. The van der Waals surface area contributed by atoms with Gasteiger partial charge in [0.1, 0.15) is 11.6 Å². The molecule has 0 bridgehead atoms. The van der Waals surface area contributed by atoms with E-state index in [1.165, 1.54) is 6.08 Å². The molecule has 13 heavy (non-hydrogen) atoms. The Balaban J connectivity index is 3.27. The SMILES string of the molecule is C=CC(N)c1cc(F)cc(F)c1N. The lowest BCUT2D eigenvalue weighted by Gasteiger charge is -2.10. The van der Waals surface area contributed by atoms with Gasteiger partial charge < -0.3 is 11.5 Å². The minimum Gasteiger partial charge on any atom is -0.396 e. The summed E-state index contributed by atoms with van der Waals surface area (Å²) in [5.41, 5.74) is 10.9. The highest BCUT2D eigenvalue weighted by molar-refractivity contribution is 5.50. The quantitative estimate of drug-likeness (QED) is 0.543. The van der Waals surface area contributed by atoms with Gasteiger partial charge in [-0.2, -0.15) is 0 Å². The molecule has 0 aliphatic rings. The summed E-state index contributed by atoms with van der Waals surface area (Å²) in [6, 6.07) is 1.17. The van der Waals surface area contributed by atoms with Crippen molar-refractivity contribution in [2.75, 3.05) is 5.73 Å². The number of halogens is 2. The van der Waals surface area contributed by atoms with Crippen molar-refractivity contribution in [3.8, 4) is 0 Å². The molecule has 1 rings (SSSR count). The van der Waals surface area contributed by atoms with Crippen molar-refractivity contribution in [2.45, 2.75) is 6.04 Å². The number of anilines is 1. The number of nitrogen functional groups attached to an aromatic ring is 1. The van der Waals surface area contributed by atoms with Crippen LogP contribution in [0.25, 0.3) is 0 Å².